The van der Waals surface area contributed by atoms with Gasteiger partial charge < -0.3 is 15.4 Å². The number of nitrogens with one attached hydrogen (secondary N) is 2. The van der Waals surface area contributed by atoms with Crippen LogP contribution in [0.4, 0.5) is 4.79 Å². The first-order valence-electron chi connectivity index (χ1n) is 7.87. The van der Waals surface area contributed by atoms with E-state index in [1.165, 1.54) is 17.8 Å². The van der Waals surface area contributed by atoms with E-state index >= 15 is 0 Å². The average molecular weight is 307 g/mol. The van der Waals surface area contributed by atoms with E-state index in [2.05, 4.69) is 21.0 Å². The zero-order valence-corrected chi connectivity index (χ0v) is 13.0. The zero-order valence-electron chi connectivity index (χ0n) is 12.2. The molecule has 3 aliphatic rings. The van der Waals surface area contributed by atoms with Gasteiger partial charge in [0.2, 0.25) is 0 Å². The highest BCUT2D eigenvalue weighted by Crippen LogP contribution is 2.41. The molecule has 0 spiro atoms. The number of carbonyl (C=O) groups is 1. The third-order valence-corrected chi connectivity index (χ3v) is 5.71. The molecule has 2 aliphatic heterocycles. The molecule has 21 heavy (non-hydrogen) atoms. The van der Waals surface area contributed by atoms with Crippen LogP contribution < -0.4 is 10.6 Å². The fraction of sp³-hybridized carbons (Fsp3) is 0.733. The van der Waals surface area contributed by atoms with Crippen molar-refractivity contribution >= 4 is 17.4 Å². The van der Waals surface area contributed by atoms with Crippen molar-refractivity contribution in [2.24, 2.45) is 0 Å². The molecule has 1 aromatic rings. The molecule has 1 saturated carbocycles. The third kappa shape index (κ3) is 2.79. The van der Waals surface area contributed by atoms with Crippen molar-refractivity contribution in [2.45, 2.75) is 69.2 Å². The van der Waals surface area contributed by atoms with Crippen LogP contribution in [0.5, 0.6) is 0 Å². The second-order valence-corrected chi connectivity index (χ2v) is 7.33. The molecule has 1 aliphatic carbocycles. The van der Waals surface area contributed by atoms with Crippen LogP contribution in [0.1, 0.15) is 61.7 Å². The molecule has 0 radical (unpaired) electrons. The van der Waals surface area contributed by atoms with E-state index in [1.807, 2.05) is 6.92 Å². The molecule has 4 atom stereocenters. The van der Waals surface area contributed by atoms with Gasteiger partial charge in [-0.15, -0.1) is 11.3 Å². The summed E-state index contributed by atoms with van der Waals surface area (Å²) in [5.41, 5.74) is 0.973. The summed E-state index contributed by atoms with van der Waals surface area (Å²) < 4.78 is 5.76. The Balaban J connectivity index is 1.30. The Kier molecular flexibility index (Phi) is 3.38. The van der Waals surface area contributed by atoms with Gasteiger partial charge in [0, 0.05) is 11.3 Å². The summed E-state index contributed by atoms with van der Waals surface area (Å²) in [6.45, 7) is 1.99. The fourth-order valence-corrected chi connectivity index (χ4v) is 4.37. The van der Waals surface area contributed by atoms with Gasteiger partial charge >= 0.3 is 6.03 Å². The van der Waals surface area contributed by atoms with E-state index in [0.717, 1.165) is 25.0 Å². The van der Waals surface area contributed by atoms with Crippen molar-refractivity contribution in [1.29, 1.82) is 0 Å². The van der Waals surface area contributed by atoms with Gasteiger partial charge in [-0.1, -0.05) is 0 Å². The number of aromatic nitrogens is 1. The van der Waals surface area contributed by atoms with Crippen LogP contribution >= 0.6 is 11.3 Å². The molecular weight excluding hydrogens is 286 g/mol. The predicted octanol–water partition coefficient (Wildman–Crippen LogP) is 2.70. The Morgan fingerprint density at radius 3 is 2.95 bits per heavy atom. The van der Waals surface area contributed by atoms with Crippen LogP contribution in [0.15, 0.2) is 5.38 Å². The summed E-state index contributed by atoms with van der Waals surface area (Å²) in [7, 11) is 0. The molecule has 6 heteroatoms. The molecule has 2 bridgehead atoms. The smallest absolute Gasteiger partial charge is 0.315 e. The molecule has 4 rings (SSSR count). The lowest BCUT2D eigenvalue weighted by molar-refractivity contribution is 0.0980. The lowest BCUT2D eigenvalue weighted by Crippen LogP contribution is -2.46. The monoisotopic (exact) mass is 307 g/mol. The zero-order chi connectivity index (χ0) is 14.4. The lowest BCUT2D eigenvalue weighted by atomic mass is 9.96. The van der Waals surface area contributed by atoms with Crippen molar-refractivity contribution < 1.29 is 9.53 Å². The molecule has 2 saturated heterocycles. The molecule has 2 amide bonds. The number of amides is 2. The number of ether oxygens (including phenoxy) is 1. The van der Waals surface area contributed by atoms with Crippen LogP contribution in [-0.4, -0.2) is 29.3 Å². The van der Waals surface area contributed by atoms with E-state index in [0.29, 0.717) is 12.0 Å². The highest BCUT2D eigenvalue weighted by Gasteiger charge is 2.41. The first-order chi connectivity index (χ1) is 10.2. The Labute approximate surface area is 128 Å². The topological polar surface area (TPSA) is 63.2 Å². The van der Waals surface area contributed by atoms with Gasteiger partial charge in [0.05, 0.1) is 35.0 Å². The molecule has 114 valence electrons. The number of nitrogens with zero attached hydrogens (tertiary/aromatic N) is 1. The maximum Gasteiger partial charge on any atom is 0.315 e. The van der Waals surface area contributed by atoms with Crippen LogP contribution in [0, 0.1) is 0 Å². The lowest BCUT2D eigenvalue weighted by Gasteiger charge is -2.21. The van der Waals surface area contributed by atoms with Gasteiger partial charge in [-0.05, 0) is 39.0 Å². The second kappa shape index (κ2) is 5.25. The molecule has 3 fully saturated rings. The van der Waals surface area contributed by atoms with Gasteiger partial charge in [-0.3, -0.25) is 0 Å². The number of rotatable bonds is 4. The second-order valence-electron chi connectivity index (χ2n) is 6.44. The number of hydrogen-bond acceptors (Lipinski definition) is 4. The summed E-state index contributed by atoms with van der Waals surface area (Å²) in [4.78, 5) is 16.8. The quantitative estimate of drug-likeness (QED) is 0.899. The van der Waals surface area contributed by atoms with Gasteiger partial charge in [-0.2, -0.15) is 0 Å². The van der Waals surface area contributed by atoms with E-state index < -0.39 is 0 Å². The summed E-state index contributed by atoms with van der Waals surface area (Å²) in [6.07, 6.45) is 6.27. The van der Waals surface area contributed by atoms with Gasteiger partial charge in [0.15, 0.2) is 0 Å². The van der Waals surface area contributed by atoms with Crippen molar-refractivity contribution in [2.75, 3.05) is 0 Å². The Bertz CT molecular complexity index is 543. The highest BCUT2D eigenvalue weighted by molar-refractivity contribution is 7.09. The van der Waals surface area contributed by atoms with E-state index in [9.17, 15) is 4.79 Å². The highest BCUT2D eigenvalue weighted by atomic mass is 32.1. The average Bonchev–Trinajstić information content (AvgIpc) is 2.90. The number of fused-ring (bicyclic) bond motifs is 2. The summed E-state index contributed by atoms with van der Waals surface area (Å²) >= 11 is 1.72. The minimum absolute atomic E-state index is 0.0479. The van der Waals surface area contributed by atoms with Crippen LogP contribution in [0.2, 0.25) is 0 Å². The van der Waals surface area contributed by atoms with Crippen molar-refractivity contribution in [1.82, 2.24) is 15.6 Å². The Morgan fingerprint density at radius 2 is 2.29 bits per heavy atom. The molecule has 3 heterocycles. The Hall–Kier alpha value is -1.14. The number of thiazole rings is 1. The van der Waals surface area contributed by atoms with Gasteiger partial charge in [-0.25, -0.2) is 9.78 Å². The molecular formula is C15H21N3O2S. The first-order valence-corrected chi connectivity index (χ1v) is 8.75. The molecule has 2 N–H and O–H groups in total. The van der Waals surface area contributed by atoms with Crippen molar-refractivity contribution in [3.8, 4) is 0 Å². The van der Waals surface area contributed by atoms with Gasteiger partial charge in [0.25, 0.3) is 0 Å². The SMILES string of the molecule is CC(NC(=O)NC1CC2CCC1O2)c1csc(C2CC2)n1. The van der Waals surface area contributed by atoms with Crippen LogP contribution in [0.25, 0.3) is 0 Å². The summed E-state index contributed by atoms with van der Waals surface area (Å²) in [5, 5.41) is 9.34. The normalized spacial score (nSPS) is 32.1. The van der Waals surface area contributed by atoms with Crippen molar-refractivity contribution in [3.63, 3.8) is 0 Å². The predicted molar refractivity (Wildman–Crippen MR) is 80.5 cm³/mol. The van der Waals surface area contributed by atoms with Crippen LogP contribution in [0.3, 0.4) is 0 Å². The largest absolute Gasteiger partial charge is 0.373 e. The number of urea groups is 1. The third-order valence-electron chi connectivity index (χ3n) is 4.68. The Morgan fingerprint density at radius 1 is 1.43 bits per heavy atom. The van der Waals surface area contributed by atoms with Gasteiger partial charge in [0.1, 0.15) is 0 Å². The maximum absolute atomic E-state index is 12.1. The fourth-order valence-electron chi connectivity index (χ4n) is 3.29. The van der Waals surface area contributed by atoms with E-state index in [4.69, 9.17) is 4.74 Å². The molecule has 0 aromatic carbocycles. The minimum atomic E-state index is -0.107. The van der Waals surface area contributed by atoms with E-state index in [1.54, 1.807) is 11.3 Å². The minimum Gasteiger partial charge on any atom is -0.373 e. The summed E-state index contributed by atoms with van der Waals surface area (Å²) in [5.74, 6) is 0.677. The molecule has 5 nitrogen and oxygen atoms in total. The summed E-state index contributed by atoms with van der Waals surface area (Å²) in [6, 6.07) is 0.0197. The van der Waals surface area contributed by atoms with E-state index in [-0.39, 0.29) is 24.2 Å². The molecule has 4 unspecified atom stereocenters. The van der Waals surface area contributed by atoms with Crippen LogP contribution in [-0.2, 0) is 4.74 Å². The number of hydrogen-bond donors (Lipinski definition) is 2. The molecule has 1 aromatic heterocycles. The standard InChI is InChI=1S/C15H21N3O2S/c1-8(12-7-21-14(17-12)9-2-3-9)16-15(19)18-11-6-10-4-5-13(11)20-10/h7-11,13H,2-6H2,1H3,(H2,16,18,19). The maximum atomic E-state index is 12.1. The number of carbonyl (C=O) groups excluding carboxylic acids is 1. The van der Waals surface area contributed by atoms with Crippen molar-refractivity contribution in [3.05, 3.63) is 16.1 Å². The first kappa shape index (κ1) is 13.5.